The fraction of sp³-hybridized carbons (Fsp3) is 0.696. The molecule has 0 fully saturated rings. The summed E-state index contributed by atoms with van der Waals surface area (Å²) in [7, 11) is 0. The Bertz CT molecular complexity index is 447. The fourth-order valence-corrected chi connectivity index (χ4v) is 3.18. The first-order valence-electron chi connectivity index (χ1n) is 10.7. The molecule has 3 heteroatoms. The van der Waals surface area contributed by atoms with Crippen LogP contribution in [0.3, 0.4) is 0 Å². The minimum atomic E-state index is -0.359. The molecule has 0 aromatic heterocycles. The van der Waals surface area contributed by atoms with E-state index in [1.165, 1.54) is 70.6 Å². The van der Waals surface area contributed by atoms with Crippen molar-refractivity contribution in [1.29, 1.82) is 0 Å². The fourth-order valence-electron chi connectivity index (χ4n) is 3.18. The van der Waals surface area contributed by atoms with Crippen LogP contribution >= 0.6 is 0 Å². The average Bonchev–Trinajstić information content (AvgIpc) is 2.63. The molecule has 3 nitrogen and oxygen atoms in total. The van der Waals surface area contributed by atoms with Crippen molar-refractivity contribution in [2.24, 2.45) is 0 Å². The van der Waals surface area contributed by atoms with Crippen molar-refractivity contribution in [3.63, 3.8) is 0 Å². The van der Waals surface area contributed by atoms with Gasteiger partial charge in [-0.1, -0.05) is 95.8 Å². The largest absolute Gasteiger partial charge is 0.446 e. The third-order valence-electron chi connectivity index (χ3n) is 4.79. The minimum absolute atomic E-state index is 0.0261. The Labute approximate surface area is 160 Å². The summed E-state index contributed by atoms with van der Waals surface area (Å²) in [6.45, 7) is 4.25. The van der Waals surface area contributed by atoms with Crippen LogP contribution in [0.25, 0.3) is 0 Å². The number of para-hydroxylation sites is 1. The first-order chi connectivity index (χ1) is 12.7. The van der Waals surface area contributed by atoms with Crippen molar-refractivity contribution < 1.29 is 9.53 Å². The van der Waals surface area contributed by atoms with E-state index in [9.17, 15) is 4.79 Å². The van der Waals surface area contributed by atoms with Crippen LogP contribution in [-0.4, -0.2) is 12.2 Å². The maximum atomic E-state index is 11.8. The van der Waals surface area contributed by atoms with Crippen LogP contribution in [0.4, 0.5) is 10.5 Å². The summed E-state index contributed by atoms with van der Waals surface area (Å²) in [5, 5.41) is 2.76. The SMILES string of the molecule is CCCCCCCCCCCCCCC(C)OC(=O)Nc1ccccc1. The molecule has 1 aromatic carbocycles. The van der Waals surface area contributed by atoms with Gasteiger partial charge in [-0.25, -0.2) is 4.79 Å². The normalized spacial score (nSPS) is 11.9. The maximum Gasteiger partial charge on any atom is 0.411 e. The standard InChI is InChI=1S/C23H39NO2/c1-3-4-5-6-7-8-9-10-11-12-13-15-18-21(2)26-23(25)24-22-19-16-14-17-20-22/h14,16-17,19-21H,3-13,15,18H2,1-2H3,(H,24,25). The van der Waals surface area contributed by atoms with E-state index in [1.807, 2.05) is 37.3 Å². The summed E-state index contributed by atoms with van der Waals surface area (Å²) in [5.41, 5.74) is 0.773. The third kappa shape index (κ3) is 12.8. The van der Waals surface area contributed by atoms with Crippen LogP contribution in [0.1, 0.15) is 97.3 Å². The first kappa shape index (κ1) is 22.5. The van der Waals surface area contributed by atoms with Gasteiger partial charge in [0.15, 0.2) is 0 Å². The smallest absolute Gasteiger partial charge is 0.411 e. The van der Waals surface area contributed by atoms with Crippen molar-refractivity contribution in [3.8, 4) is 0 Å². The number of hydrogen-bond donors (Lipinski definition) is 1. The lowest BCUT2D eigenvalue weighted by molar-refractivity contribution is 0.114. The molecule has 26 heavy (non-hydrogen) atoms. The zero-order chi connectivity index (χ0) is 18.9. The number of carbonyl (C=O) groups excluding carboxylic acids is 1. The number of unbranched alkanes of at least 4 members (excludes halogenated alkanes) is 11. The molecule has 148 valence electrons. The molecule has 1 rings (SSSR count). The van der Waals surface area contributed by atoms with Gasteiger partial charge < -0.3 is 4.74 Å². The number of nitrogens with one attached hydrogen (secondary N) is 1. The molecule has 0 radical (unpaired) electrons. The summed E-state index contributed by atoms with van der Waals surface area (Å²) < 4.78 is 5.40. The van der Waals surface area contributed by atoms with Crippen molar-refractivity contribution in [2.45, 2.75) is 103 Å². The number of benzene rings is 1. The quantitative estimate of drug-likeness (QED) is 0.325. The number of hydrogen-bond acceptors (Lipinski definition) is 2. The highest BCUT2D eigenvalue weighted by atomic mass is 16.6. The van der Waals surface area contributed by atoms with Crippen LogP contribution in [0.15, 0.2) is 30.3 Å². The highest BCUT2D eigenvalue weighted by molar-refractivity contribution is 5.84. The monoisotopic (exact) mass is 361 g/mol. The number of carbonyl (C=O) groups is 1. The van der Waals surface area contributed by atoms with E-state index in [4.69, 9.17) is 4.74 Å². The van der Waals surface area contributed by atoms with Gasteiger partial charge in [-0.15, -0.1) is 0 Å². The number of ether oxygens (including phenoxy) is 1. The number of anilines is 1. The molecule has 0 aliphatic heterocycles. The summed E-state index contributed by atoms with van der Waals surface area (Å²) >= 11 is 0. The Kier molecular flexibility index (Phi) is 13.6. The van der Waals surface area contributed by atoms with E-state index in [-0.39, 0.29) is 12.2 Å². The Morgan fingerprint density at radius 1 is 0.846 bits per heavy atom. The molecular weight excluding hydrogens is 322 g/mol. The second-order valence-electron chi connectivity index (χ2n) is 7.38. The maximum absolute atomic E-state index is 11.8. The second kappa shape index (κ2) is 15.7. The lowest BCUT2D eigenvalue weighted by Gasteiger charge is -2.13. The number of rotatable bonds is 15. The van der Waals surface area contributed by atoms with Crippen molar-refractivity contribution in [2.75, 3.05) is 5.32 Å². The summed E-state index contributed by atoms with van der Waals surface area (Å²) in [5.74, 6) is 0. The molecule has 0 saturated carbocycles. The van der Waals surface area contributed by atoms with E-state index in [1.54, 1.807) is 0 Å². The molecule has 0 saturated heterocycles. The zero-order valence-corrected chi connectivity index (χ0v) is 17.0. The van der Waals surface area contributed by atoms with E-state index < -0.39 is 0 Å². The van der Waals surface area contributed by atoms with Gasteiger partial charge in [-0.2, -0.15) is 0 Å². The molecule has 1 amide bonds. The zero-order valence-electron chi connectivity index (χ0n) is 17.0. The second-order valence-corrected chi connectivity index (χ2v) is 7.38. The van der Waals surface area contributed by atoms with Gasteiger partial charge in [-0.3, -0.25) is 5.32 Å². The van der Waals surface area contributed by atoms with Gasteiger partial charge in [0.2, 0.25) is 0 Å². The predicted octanol–water partition coefficient (Wildman–Crippen LogP) is 7.71. The molecule has 0 bridgehead atoms. The van der Waals surface area contributed by atoms with Crippen LogP contribution in [0.5, 0.6) is 0 Å². The topological polar surface area (TPSA) is 38.3 Å². The van der Waals surface area contributed by atoms with Gasteiger partial charge in [0, 0.05) is 5.69 Å². The summed E-state index contributed by atoms with van der Waals surface area (Å²) in [4.78, 5) is 11.8. The van der Waals surface area contributed by atoms with Crippen molar-refractivity contribution >= 4 is 11.8 Å². The van der Waals surface area contributed by atoms with Crippen LogP contribution in [0, 0.1) is 0 Å². The molecule has 1 atom stereocenters. The molecule has 0 spiro atoms. The van der Waals surface area contributed by atoms with Gasteiger partial charge >= 0.3 is 6.09 Å². The molecule has 1 unspecified atom stereocenters. The highest BCUT2D eigenvalue weighted by Crippen LogP contribution is 2.14. The van der Waals surface area contributed by atoms with Gasteiger partial charge in [-0.05, 0) is 31.9 Å². The highest BCUT2D eigenvalue weighted by Gasteiger charge is 2.09. The van der Waals surface area contributed by atoms with Gasteiger partial charge in [0.1, 0.15) is 6.10 Å². The molecule has 0 aliphatic rings. The van der Waals surface area contributed by atoms with E-state index in [2.05, 4.69) is 12.2 Å². The minimum Gasteiger partial charge on any atom is -0.446 e. The average molecular weight is 362 g/mol. The Balaban J connectivity index is 1.89. The summed E-state index contributed by atoms with van der Waals surface area (Å²) in [6, 6.07) is 9.43. The predicted molar refractivity (Wildman–Crippen MR) is 112 cm³/mol. The van der Waals surface area contributed by atoms with Crippen molar-refractivity contribution in [1.82, 2.24) is 0 Å². The lowest BCUT2D eigenvalue weighted by atomic mass is 10.0. The third-order valence-corrected chi connectivity index (χ3v) is 4.79. The summed E-state index contributed by atoms with van der Waals surface area (Å²) in [6.07, 6.45) is 16.7. The Hall–Kier alpha value is -1.51. The van der Waals surface area contributed by atoms with E-state index in [0.29, 0.717) is 0 Å². The Morgan fingerprint density at radius 3 is 1.88 bits per heavy atom. The first-order valence-corrected chi connectivity index (χ1v) is 10.7. The molecule has 1 N–H and O–H groups in total. The van der Waals surface area contributed by atoms with Gasteiger partial charge in [0.05, 0.1) is 0 Å². The van der Waals surface area contributed by atoms with E-state index >= 15 is 0 Å². The lowest BCUT2D eigenvalue weighted by Crippen LogP contribution is -2.20. The van der Waals surface area contributed by atoms with Crippen LogP contribution in [-0.2, 0) is 4.74 Å². The molecule has 1 aromatic rings. The molecule has 0 aliphatic carbocycles. The molecular formula is C23H39NO2. The van der Waals surface area contributed by atoms with Crippen LogP contribution in [0.2, 0.25) is 0 Å². The molecule has 0 heterocycles. The van der Waals surface area contributed by atoms with Crippen LogP contribution < -0.4 is 5.32 Å². The number of amides is 1. The van der Waals surface area contributed by atoms with Gasteiger partial charge in [0.25, 0.3) is 0 Å². The van der Waals surface area contributed by atoms with E-state index in [0.717, 1.165) is 18.5 Å². The Morgan fingerprint density at radius 2 is 1.35 bits per heavy atom. The van der Waals surface area contributed by atoms with Crippen molar-refractivity contribution in [3.05, 3.63) is 30.3 Å².